The van der Waals surface area contributed by atoms with Crippen molar-refractivity contribution in [1.82, 2.24) is 14.7 Å². The van der Waals surface area contributed by atoms with Gasteiger partial charge >= 0.3 is 6.18 Å². The lowest BCUT2D eigenvalue weighted by atomic mass is 9.95. The summed E-state index contributed by atoms with van der Waals surface area (Å²) in [5, 5.41) is 4.65. The number of alkyl halides is 3. The van der Waals surface area contributed by atoms with E-state index >= 15 is 0 Å². The molecule has 1 amide bonds. The highest BCUT2D eigenvalue weighted by atomic mass is 19.4. The van der Waals surface area contributed by atoms with Gasteiger partial charge in [-0.3, -0.25) is 4.79 Å². The summed E-state index contributed by atoms with van der Waals surface area (Å²) in [7, 11) is 3.33. The third kappa shape index (κ3) is 4.82. The molecule has 33 heavy (non-hydrogen) atoms. The number of hydrogen-bond donors (Lipinski definition) is 0. The topological polar surface area (TPSA) is 38.1 Å². The first-order valence-electron chi connectivity index (χ1n) is 10.3. The van der Waals surface area contributed by atoms with Crippen LogP contribution in [0.25, 0.3) is 28.1 Å². The summed E-state index contributed by atoms with van der Waals surface area (Å²) < 4.78 is 41.2. The molecule has 0 spiro atoms. The molecule has 168 valence electrons. The van der Waals surface area contributed by atoms with E-state index in [0.29, 0.717) is 11.3 Å². The summed E-state index contributed by atoms with van der Waals surface area (Å²) >= 11 is 0. The van der Waals surface area contributed by atoms with Gasteiger partial charge < -0.3 is 4.90 Å². The molecular formula is C26H22F3N3O. The maximum Gasteiger partial charge on any atom is 0.416 e. The Morgan fingerprint density at radius 1 is 0.909 bits per heavy atom. The quantitative estimate of drug-likeness (QED) is 0.383. The largest absolute Gasteiger partial charge is 0.416 e. The SMILES string of the molecule is CN(C)C(=O)Cc1cn(-c2cccc(C(F)(F)F)c2)nc1-c1ccccc1-c1ccccc1. The van der Waals surface area contributed by atoms with Crippen molar-refractivity contribution in [2.24, 2.45) is 0 Å². The van der Waals surface area contributed by atoms with E-state index in [1.54, 1.807) is 26.4 Å². The fourth-order valence-corrected chi connectivity index (χ4v) is 3.60. The van der Waals surface area contributed by atoms with Gasteiger partial charge in [0, 0.05) is 31.4 Å². The summed E-state index contributed by atoms with van der Waals surface area (Å²) in [6.45, 7) is 0. The van der Waals surface area contributed by atoms with E-state index in [9.17, 15) is 18.0 Å². The Hall–Kier alpha value is -3.87. The van der Waals surface area contributed by atoms with Crippen LogP contribution >= 0.6 is 0 Å². The number of halogens is 3. The monoisotopic (exact) mass is 449 g/mol. The zero-order valence-electron chi connectivity index (χ0n) is 18.2. The van der Waals surface area contributed by atoms with Crippen LogP contribution in [0.15, 0.2) is 85.1 Å². The number of carbonyl (C=O) groups excluding carboxylic acids is 1. The lowest BCUT2D eigenvalue weighted by Gasteiger charge is -2.12. The predicted octanol–water partition coefficient (Wildman–Crippen LogP) is 5.86. The van der Waals surface area contributed by atoms with Crippen molar-refractivity contribution in [2.45, 2.75) is 12.6 Å². The number of rotatable bonds is 5. The molecule has 0 saturated heterocycles. The van der Waals surface area contributed by atoms with E-state index in [1.165, 1.54) is 15.6 Å². The average Bonchev–Trinajstić information content (AvgIpc) is 3.22. The van der Waals surface area contributed by atoms with Gasteiger partial charge in [-0.15, -0.1) is 0 Å². The van der Waals surface area contributed by atoms with Gasteiger partial charge in [0.25, 0.3) is 0 Å². The van der Waals surface area contributed by atoms with Crippen LogP contribution in [0.2, 0.25) is 0 Å². The first-order valence-corrected chi connectivity index (χ1v) is 10.3. The van der Waals surface area contributed by atoms with Crippen LogP contribution in [-0.4, -0.2) is 34.7 Å². The second kappa shape index (κ2) is 8.94. The van der Waals surface area contributed by atoms with Crippen LogP contribution in [0.4, 0.5) is 13.2 Å². The Kier molecular flexibility index (Phi) is 6.05. The average molecular weight is 449 g/mol. The van der Waals surface area contributed by atoms with E-state index in [-0.39, 0.29) is 18.0 Å². The lowest BCUT2D eigenvalue weighted by Crippen LogP contribution is -2.23. The molecule has 0 aliphatic carbocycles. The van der Waals surface area contributed by atoms with Crippen LogP contribution in [0.3, 0.4) is 0 Å². The van der Waals surface area contributed by atoms with Gasteiger partial charge in [-0.05, 0) is 29.3 Å². The molecule has 0 unspecified atom stereocenters. The number of hydrogen-bond acceptors (Lipinski definition) is 2. The molecular weight excluding hydrogens is 427 g/mol. The van der Waals surface area contributed by atoms with Crippen molar-refractivity contribution in [2.75, 3.05) is 14.1 Å². The normalized spacial score (nSPS) is 11.4. The molecule has 0 atom stereocenters. The first kappa shape index (κ1) is 22.3. The number of aromatic nitrogens is 2. The minimum Gasteiger partial charge on any atom is -0.349 e. The van der Waals surface area contributed by atoms with E-state index in [0.717, 1.165) is 28.8 Å². The second-order valence-corrected chi connectivity index (χ2v) is 7.87. The molecule has 4 rings (SSSR count). The fraction of sp³-hybridized carbons (Fsp3) is 0.154. The van der Waals surface area contributed by atoms with E-state index in [2.05, 4.69) is 5.10 Å². The summed E-state index contributed by atoms with van der Waals surface area (Å²) in [6, 6.07) is 22.4. The minimum atomic E-state index is -4.46. The van der Waals surface area contributed by atoms with Crippen molar-refractivity contribution >= 4 is 5.91 Å². The Labute approximate surface area is 189 Å². The van der Waals surface area contributed by atoms with Crippen molar-refractivity contribution < 1.29 is 18.0 Å². The third-order valence-corrected chi connectivity index (χ3v) is 5.34. The maximum atomic E-state index is 13.3. The molecule has 4 aromatic rings. The molecule has 0 fully saturated rings. The van der Waals surface area contributed by atoms with Gasteiger partial charge in [0.1, 0.15) is 0 Å². The summed E-state index contributed by atoms with van der Waals surface area (Å²) in [5.74, 6) is -0.128. The molecule has 0 bridgehead atoms. The Bertz CT molecular complexity index is 1280. The maximum absolute atomic E-state index is 13.3. The molecule has 4 nitrogen and oxygen atoms in total. The molecule has 0 N–H and O–H groups in total. The molecule has 7 heteroatoms. The molecule has 0 aliphatic heterocycles. The summed E-state index contributed by atoms with van der Waals surface area (Å²) in [5.41, 5.74) is 3.41. The van der Waals surface area contributed by atoms with Crippen LogP contribution < -0.4 is 0 Å². The molecule has 1 aromatic heterocycles. The second-order valence-electron chi connectivity index (χ2n) is 7.87. The standard InChI is InChI=1S/C26H22F3N3O/c1-31(2)24(33)15-19-17-32(21-12-8-11-20(16-21)26(27,28)29)30-25(19)23-14-7-6-13-22(23)18-9-4-3-5-10-18/h3-14,16-17H,15H2,1-2H3. The van der Waals surface area contributed by atoms with Crippen molar-refractivity contribution in [3.63, 3.8) is 0 Å². The molecule has 0 aliphatic rings. The van der Waals surface area contributed by atoms with Crippen molar-refractivity contribution in [3.8, 4) is 28.1 Å². The van der Waals surface area contributed by atoms with Gasteiger partial charge in [-0.2, -0.15) is 18.3 Å². The van der Waals surface area contributed by atoms with E-state index in [1.807, 2.05) is 54.6 Å². The Morgan fingerprint density at radius 2 is 1.58 bits per heavy atom. The molecule has 0 saturated carbocycles. The minimum absolute atomic E-state index is 0.0738. The highest BCUT2D eigenvalue weighted by Gasteiger charge is 2.30. The van der Waals surface area contributed by atoms with Crippen molar-refractivity contribution in [3.05, 3.63) is 96.2 Å². The zero-order chi connectivity index (χ0) is 23.6. The number of likely N-dealkylation sites (N-methyl/N-ethyl adjacent to an activating group) is 1. The Morgan fingerprint density at radius 3 is 2.24 bits per heavy atom. The predicted molar refractivity (Wildman–Crippen MR) is 122 cm³/mol. The van der Waals surface area contributed by atoms with Crippen LogP contribution in [0.1, 0.15) is 11.1 Å². The highest BCUT2D eigenvalue weighted by molar-refractivity contribution is 5.86. The van der Waals surface area contributed by atoms with E-state index in [4.69, 9.17) is 0 Å². The lowest BCUT2D eigenvalue weighted by molar-refractivity contribution is -0.137. The first-order chi connectivity index (χ1) is 15.7. The van der Waals surface area contributed by atoms with Gasteiger partial charge in [0.15, 0.2) is 0 Å². The number of benzene rings is 3. The van der Waals surface area contributed by atoms with Gasteiger partial charge in [0.05, 0.1) is 23.4 Å². The summed E-state index contributed by atoms with van der Waals surface area (Å²) in [6.07, 6.45) is -2.76. The van der Waals surface area contributed by atoms with Crippen LogP contribution in [0.5, 0.6) is 0 Å². The number of nitrogens with zero attached hydrogens (tertiary/aromatic N) is 3. The van der Waals surface area contributed by atoms with Gasteiger partial charge in [-0.1, -0.05) is 60.7 Å². The highest BCUT2D eigenvalue weighted by Crippen LogP contribution is 2.35. The molecule has 0 radical (unpaired) electrons. The Balaban J connectivity index is 1.88. The number of carbonyl (C=O) groups is 1. The molecule has 3 aromatic carbocycles. The smallest absolute Gasteiger partial charge is 0.349 e. The third-order valence-electron chi connectivity index (χ3n) is 5.34. The fourth-order valence-electron chi connectivity index (χ4n) is 3.60. The van der Waals surface area contributed by atoms with E-state index < -0.39 is 11.7 Å². The van der Waals surface area contributed by atoms with Crippen molar-refractivity contribution in [1.29, 1.82) is 0 Å². The molecule has 1 heterocycles. The van der Waals surface area contributed by atoms with Crippen LogP contribution in [-0.2, 0) is 17.4 Å². The van der Waals surface area contributed by atoms with Gasteiger partial charge in [-0.25, -0.2) is 4.68 Å². The van der Waals surface area contributed by atoms with Crippen LogP contribution in [0, 0.1) is 0 Å². The summed E-state index contributed by atoms with van der Waals surface area (Å²) in [4.78, 5) is 14.0. The number of amides is 1. The van der Waals surface area contributed by atoms with Gasteiger partial charge in [0.2, 0.25) is 5.91 Å². The zero-order valence-corrected chi connectivity index (χ0v) is 18.2.